The van der Waals surface area contributed by atoms with Crippen LogP contribution in [-0.4, -0.2) is 17.1 Å². The van der Waals surface area contributed by atoms with Crippen LogP contribution in [0.4, 0.5) is 0 Å². The fourth-order valence-corrected chi connectivity index (χ4v) is 1.29. The molecule has 0 radical (unpaired) electrons. The zero-order chi connectivity index (χ0) is 10.7. The Bertz CT molecular complexity index is 370. The van der Waals surface area contributed by atoms with Crippen molar-refractivity contribution < 1.29 is 9.59 Å². The molecule has 0 spiro atoms. The van der Waals surface area contributed by atoms with Gasteiger partial charge in [0.25, 0.3) is 0 Å². The number of carbonyl (C=O) groups is 2. The summed E-state index contributed by atoms with van der Waals surface area (Å²) in [6, 6.07) is 3.70. The molecule has 0 saturated heterocycles. The molecule has 1 heterocycles. The summed E-state index contributed by atoms with van der Waals surface area (Å²) >= 11 is 0. The maximum atomic E-state index is 11.3. The Morgan fingerprint density at radius 2 is 2.07 bits per heavy atom. The number of hydrogen-bond donors (Lipinski definition) is 0. The van der Waals surface area contributed by atoms with Crippen molar-refractivity contribution in [2.75, 3.05) is 0 Å². The minimum absolute atomic E-state index is 0.196. The molecule has 3 heteroatoms. The van der Waals surface area contributed by atoms with Crippen molar-refractivity contribution in [1.82, 2.24) is 4.98 Å². The second kappa shape index (κ2) is 4.13. The lowest BCUT2D eigenvalue weighted by atomic mass is 9.99. The quantitative estimate of drug-likeness (QED) is 0.416. The summed E-state index contributed by atoms with van der Waals surface area (Å²) < 4.78 is 0. The van der Waals surface area contributed by atoms with Gasteiger partial charge in [-0.25, -0.2) is 4.98 Å². The van der Waals surface area contributed by atoms with E-state index in [0.717, 1.165) is 11.3 Å². The van der Waals surface area contributed by atoms with Crippen LogP contribution >= 0.6 is 0 Å². The Morgan fingerprint density at radius 1 is 1.43 bits per heavy atom. The molecule has 0 amide bonds. The van der Waals surface area contributed by atoms with Crippen LogP contribution in [0, 0.1) is 6.92 Å². The lowest BCUT2D eigenvalue weighted by molar-refractivity contribution is -0.104. The lowest BCUT2D eigenvalue weighted by Crippen LogP contribution is -2.09. The first-order valence-corrected chi connectivity index (χ1v) is 4.53. The number of hydrogen-bond acceptors (Lipinski definition) is 3. The van der Waals surface area contributed by atoms with Crippen molar-refractivity contribution in [2.45, 2.75) is 26.7 Å². The highest BCUT2D eigenvalue weighted by Gasteiger charge is 2.14. The van der Waals surface area contributed by atoms with Crippen molar-refractivity contribution >= 4 is 12.1 Å². The van der Waals surface area contributed by atoms with E-state index < -0.39 is 5.78 Å². The van der Waals surface area contributed by atoms with E-state index in [1.165, 1.54) is 0 Å². The van der Waals surface area contributed by atoms with Crippen molar-refractivity contribution in [2.24, 2.45) is 0 Å². The molecule has 14 heavy (non-hydrogen) atoms. The normalized spacial score (nSPS) is 10.3. The van der Waals surface area contributed by atoms with Crippen molar-refractivity contribution in [1.29, 1.82) is 0 Å². The third-order valence-electron chi connectivity index (χ3n) is 2.03. The third kappa shape index (κ3) is 2.05. The summed E-state index contributed by atoms with van der Waals surface area (Å²) in [7, 11) is 0. The van der Waals surface area contributed by atoms with E-state index in [9.17, 15) is 9.59 Å². The van der Waals surface area contributed by atoms with Crippen molar-refractivity contribution in [3.63, 3.8) is 0 Å². The number of carbonyl (C=O) groups excluding carboxylic acids is 2. The number of aromatic nitrogens is 1. The molecule has 0 bridgehead atoms. The molecule has 3 nitrogen and oxygen atoms in total. The molecule has 0 aromatic carbocycles. The maximum Gasteiger partial charge on any atom is 0.243 e. The summed E-state index contributed by atoms with van der Waals surface area (Å²) in [6.07, 6.45) is 0.313. The van der Waals surface area contributed by atoms with E-state index in [1.54, 1.807) is 6.92 Å². The van der Waals surface area contributed by atoms with Gasteiger partial charge in [-0.3, -0.25) is 9.59 Å². The van der Waals surface area contributed by atoms with E-state index in [1.807, 2.05) is 26.0 Å². The van der Waals surface area contributed by atoms with Gasteiger partial charge in [-0.05, 0) is 24.5 Å². The minimum atomic E-state index is -0.544. The number of ketones is 1. The Kier molecular flexibility index (Phi) is 3.12. The summed E-state index contributed by atoms with van der Waals surface area (Å²) in [4.78, 5) is 25.7. The minimum Gasteiger partial charge on any atom is -0.294 e. The van der Waals surface area contributed by atoms with Crippen LogP contribution in [0.1, 0.15) is 41.5 Å². The number of aldehydes is 1. The third-order valence-corrected chi connectivity index (χ3v) is 2.03. The van der Waals surface area contributed by atoms with Crippen LogP contribution in [0.25, 0.3) is 0 Å². The van der Waals surface area contributed by atoms with Gasteiger partial charge in [0, 0.05) is 5.69 Å². The SMILES string of the molecule is Cc1ccc(C(C)C)c(C(=O)C=O)n1. The zero-order valence-corrected chi connectivity index (χ0v) is 8.57. The first-order valence-electron chi connectivity index (χ1n) is 4.53. The molecule has 1 aromatic rings. The average molecular weight is 191 g/mol. The highest BCUT2D eigenvalue weighted by Crippen LogP contribution is 2.18. The molecule has 74 valence electrons. The molecule has 0 N–H and O–H groups in total. The second-order valence-electron chi connectivity index (χ2n) is 3.53. The first kappa shape index (κ1) is 10.6. The second-order valence-corrected chi connectivity index (χ2v) is 3.53. The Labute approximate surface area is 83.2 Å². The topological polar surface area (TPSA) is 47.0 Å². The zero-order valence-electron chi connectivity index (χ0n) is 8.57. The van der Waals surface area contributed by atoms with E-state index in [0.29, 0.717) is 6.29 Å². The van der Waals surface area contributed by atoms with Gasteiger partial charge in [0.2, 0.25) is 5.78 Å². The highest BCUT2D eigenvalue weighted by molar-refractivity contribution is 6.33. The predicted molar refractivity (Wildman–Crippen MR) is 53.5 cm³/mol. The van der Waals surface area contributed by atoms with Gasteiger partial charge in [-0.15, -0.1) is 0 Å². The van der Waals surface area contributed by atoms with Gasteiger partial charge in [0.15, 0.2) is 6.29 Å². The number of rotatable bonds is 3. The average Bonchev–Trinajstić information content (AvgIpc) is 2.16. The molecular formula is C11H13NO2. The smallest absolute Gasteiger partial charge is 0.243 e. The van der Waals surface area contributed by atoms with Crippen LogP contribution in [0.15, 0.2) is 12.1 Å². The van der Waals surface area contributed by atoms with Gasteiger partial charge < -0.3 is 0 Å². The molecule has 1 rings (SSSR count). The van der Waals surface area contributed by atoms with E-state index >= 15 is 0 Å². The number of pyridine rings is 1. The van der Waals surface area contributed by atoms with Crippen LogP contribution in [-0.2, 0) is 4.79 Å². The largest absolute Gasteiger partial charge is 0.294 e. The maximum absolute atomic E-state index is 11.3. The van der Waals surface area contributed by atoms with E-state index in [2.05, 4.69) is 4.98 Å². The van der Waals surface area contributed by atoms with Gasteiger partial charge >= 0.3 is 0 Å². The van der Waals surface area contributed by atoms with Gasteiger partial charge in [-0.2, -0.15) is 0 Å². The predicted octanol–water partition coefficient (Wildman–Crippen LogP) is 1.90. The summed E-state index contributed by atoms with van der Waals surface area (Å²) in [5.41, 5.74) is 1.86. The van der Waals surface area contributed by atoms with Crippen LogP contribution in [0.3, 0.4) is 0 Å². The monoisotopic (exact) mass is 191 g/mol. The van der Waals surface area contributed by atoms with Gasteiger partial charge in [0.1, 0.15) is 5.69 Å². The summed E-state index contributed by atoms with van der Waals surface area (Å²) in [6.45, 7) is 5.73. The number of Topliss-reactive ketones (excluding diaryl/α,β-unsaturated/α-hetero) is 1. The molecule has 0 aliphatic rings. The first-order chi connectivity index (χ1) is 6.56. The van der Waals surface area contributed by atoms with Crippen LogP contribution in [0.5, 0.6) is 0 Å². The molecular weight excluding hydrogens is 178 g/mol. The van der Waals surface area contributed by atoms with Crippen LogP contribution < -0.4 is 0 Å². The molecule has 0 unspecified atom stereocenters. The Hall–Kier alpha value is -1.51. The fraction of sp³-hybridized carbons (Fsp3) is 0.364. The number of aryl methyl sites for hydroxylation is 1. The Balaban J connectivity index is 3.29. The molecule has 0 atom stereocenters. The van der Waals surface area contributed by atoms with E-state index in [4.69, 9.17) is 0 Å². The summed E-state index contributed by atoms with van der Waals surface area (Å²) in [5, 5.41) is 0. The molecule has 1 aromatic heterocycles. The van der Waals surface area contributed by atoms with Crippen molar-refractivity contribution in [3.05, 3.63) is 29.1 Å². The van der Waals surface area contributed by atoms with Crippen LogP contribution in [0.2, 0.25) is 0 Å². The molecule has 0 saturated carbocycles. The van der Waals surface area contributed by atoms with Crippen molar-refractivity contribution in [3.8, 4) is 0 Å². The fourth-order valence-electron chi connectivity index (χ4n) is 1.29. The molecule has 0 aliphatic heterocycles. The molecule has 0 fully saturated rings. The summed E-state index contributed by atoms with van der Waals surface area (Å²) in [5.74, 6) is -0.348. The Morgan fingerprint density at radius 3 is 2.57 bits per heavy atom. The lowest BCUT2D eigenvalue weighted by Gasteiger charge is -2.09. The molecule has 0 aliphatic carbocycles. The number of nitrogens with zero attached hydrogens (tertiary/aromatic N) is 1. The highest BCUT2D eigenvalue weighted by atomic mass is 16.2. The van der Waals surface area contributed by atoms with Gasteiger partial charge in [-0.1, -0.05) is 19.9 Å². The van der Waals surface area contributed by atoms with Gasteiger partial charge in [0.05, 0.1) is 0 Å². The van der Waals surface area contributed by atoms with E-state index in [-0.39, 0.29) is 11.6 Å². The standard InChI is InChI=1S/C11H13NO2/c1-7(2)9-5-4-8(3)12-11(9)10(14)6-13/h4-7H,1-3H3.